The first-order chi connectivity index (χ1) is 13.9. The summed E-state index contributed by atoms with van der Waals surface area (Å²) in [6, 6.07) is 14.8. The lowest BCUT2D eigenvalue weighted by molar-refractivity contribution is -0.384. The van der Waals surface area contributed by atoms with E-state index in [1.165, 1.54) is 29.0 Å². The van der Waals surface area contributed by atoms with Gasteiger partial charge in [-0.1, -0.05) is 24.3 Å². The summed E-state index contributed by atoms with van der Waals surface area (Å²) in [7, 11) is 1.55. The molecule has 2 aromatic carbocycles. The predicted octanol–water partition coefficient (Wildman–Crippen LogP) is 3.12. The Balaban J connectivity index is 1.58. The van der Waals surface area contributed by atoms with Crippen molar-refractivity contribution in [3.05, 3.63) is 98.2 Å². The van der Waals surface area contributed by atoms with Gasteiger partial charge in [0.1, 0.15) is 11.4 Å². The Kier molecular flexibility index (Phi) is 5.94. The van der Waals surface area contributed by atoms with Crippen molar-refractivity contribution in [2.75, 3.05) is 6.61 Å². The molecule has 29 heavy (non-hydrogen) atoms. The zero-order valence-electron chi connectivity index (χ0n) is 15.5. The Morgan fingerprint density at radius 1 is 1.07 bits per heavy atom. The Labute approximate surface area is 165 Å². The maximum atomic E-state index is 12.1. The lowest BCUT2D eigenvalue weighted by Crippen LogP contribution is -2.24. The third-order valence-electron chi connectivity index (χ3n) is 4.08. The number of hydrogen-bond acceptors (Lipinski definition) is 6. The number of aryl methyl sites for hydroxylation is 1. The topological polar surface area (TPSA) is 104 Å². The van der Waals surface area contributed by atoms with E-state index in [0.29, 0.717) is 5.75 Å². The normalized spacial score (nSPS) is 10.8. The molecule has 146 valence electrons. The molecule has 0 bridgehead atoms. The molecule has 0 saturated heterocycles. The molecule has 0 radical (unpaired) electrons. The number of nitro benzene ring substituents is 1. The van der Waals surface area contributed by atoms with E-state index < -0.39 is 10.6 Å². The van der Waals surface area contributed by atoms with Crippen molar-refractivity contribution < 1.29 is 14.5 Å². The van der Waals surface area contributed by atoms with Gasteiger partial charge in [0.2, 0.25) is 5.78 Å². The van der Waals surface area contributed by atoms with E-state index in [9.17, 15) is 19.7 Å². The number of rotatable bonds is 7. The largest absolute Gasteiger partial charge is 0.485 e. The predicted molar refractivity (Wildman–Crippen MR) is 108 cm³/mol. The lowest BCUT2D eigenvalue weighted by Gasteiger charge is -2.06. The first-order valence-corrected chi connectivity index (χ1v) is 8.65. The summed E-state index contributed by atoms with van der Waals surface area (Å²) in [4.78, 5) is 37.5. The van der Waals surface area contributed by atoms with E-state index in [-0.39, 0.29) is 23.8 Å². The number of nitro groups is 1. The minimum Gasteiger partial charge on any atom is -0.485 e. The quantitative estimate of drug-likeness (QED) is 0.265. The van der Waals surface area contributed by atoms with Gasteiger partial charge in [0.15, 0.2) is 6.61 Å². The summed E-state index contributed by atoms with van der Waals surface area (Å²) < 4.78 is 6.74. The van der Waals surface area contributed by atoms with E-state index >= 15 is 0 Å². The van der Waals surface area contributed by atoms with Crippen LogP contribution < -0.4 is 10.4 Å². The molecule has 0 amide bonds. The smallest absolute Gasteiger partial charge is 0.347 e. The fourth-order valence-electron chi connectivity index (χ4n) is 2.42. The van der Waals surface area contributed by atoms with Crippen molar-refractivity contribution in [1.29, 1.82) is 0 Å². The molecule has 0 aliphatic carbocycles. The maximum absolute atomic E-state index is 12.1. The van der Waals surface area contributed by atoms with Crippen molar-refractivity contribution in [2.24, 2.45) is 7.05 Å². The Morgan fingerprint density at radius 2 is 1.66 bits per heavy atom. The van der Waals surface area contributed by atoms with E-state index in [0.717, 1.165) is 11.1 Å². The molecule has 0 fully saturated rings. The van der Waals surface area contributed by atoms with Crippen molar-refractivity contribution in [3.8, 4) is 5.75 Å². The minimum absolute atomic E-state index is 0.0456. The molecule has 8 heteroatoms. The molecule has 1 aromatic heterocycles. The monoisotopic (exact) mass is 391 g/mol. The van der Waals surface area contributed by atoms with Gasteiger partial charge < -0.3 is 9.30 Å². The second-order valence-electron chi connectivity index (χ2n) is 6.17. The molecule has 3 rings (SSSR count). The first-order valence-electron chi connectivity index (χ1n) is 8.65. The number of non-ortho nitro benzene ring substituents is 1. The van der Waals surface area contributed by atoms with Crippen LogP contribution in [0.3, 0.4) is 0 Å². The van der Waals surface area contributed by atoms with Gasteiger partial charge in [0.05, 0.1) is 4.92 Å². The SMILES string of the molecule is Cn1ccc(C(=O)COc2ccc(/C=C/c3ccc([N+](=O)[O-])cc3)cc2)nc1=O. The van der Waals surface area contributed by atoms with Crippen LogP contribution in [0.25, 0.3) is 12.2 Å². The number of carbonyl (C=O) groups excluding carboxylic acids is 1. The molecule has 0 aliphatic rings. The average molecular weight is 391 g/mol. The van der Waals surface area contributed by atoms with Crippen molar-refractivity contribution >= 4 is 23.6 Å². The van der Waals surface area contributed by atoms with E-state index in [1.807, 2.05) is 24.3 Å². The number of benzene rings is 2. The van der Waals surface area contributed by atoms with E-state index in [1.54, 1.807) is 31.3 Å². The fraction of sp³-hybridized carbons (Fsp3) is 0.0952. The first kappa shape index (κ1) is 19.7. The van der Waals surface area contributed by atoms with Crippen LogP contribution in [0.1, 0.15) is 21.6 Å². The third-order valence-corrected chi connectivity index (χ3v) is 4.08. The van der Waals surface area contributed by atoms with Gasteiger partial charge in [-0.05, 0) is 41.5 Å². The Hall–Kier alpha value is -4.07. The number of ether oxygens (including phenoxy) is 1. The lowest BCUT2D eigenvalue weighted by atomic mass is 10.1. The van der Waals surface area contributed by atoms with Crippen LogP contribution in [-0.4, -0.2) is 26.9 Å². The zero-order valence-corrected chi connectivity index (χ0v) is 15.5. The van der Waals surface area contributed by atoms with Crippen molar-refractivity contribution in [3.63, 3.8) is 0 Å². The summed E-state index contributed by atoms with van der Waals surface area (Å²) in [6.45, 7) is -0.224. The molecule has 3 aromatic rings. The maximum Gasteiger partial charge on any atom is 0.347 e. The van der Waals surface area contributed by atoms with Crippen LogP contribution in [0.2, 0.25) is 0 Å². The number of nitrogens with zero attached hydrogens (tertiary/aromatic N) is 3. The zero-order chi connectivity index (χ0) is 20.8. The van der Waals surface area contributed by atoms with E-state index in [4.69, 9.17) is 4.74 Å². The molecule has 8 nitrogen and oxygen atoms in total. The van der Waals surface area contributed by atoms with Gasteiger partial charge in [-0.25, -0.2) is 4.79 Å². The highest BCUT2D eigenvalue weighted by Gasteiger charge is 2.10. The van der Waals surface area contributed by atoms with Gasteiger partial charge in [-0.3, -0.25) is 14.9 Å². The Morgan fingerprint density at radius 3 is 2.21 bits per heavy atom. The second-order valence-corrected chi connectivity index (χ2v) is 6.17. The van der Waals surface area contributed by atoms with Gasteiger partial charge in [-0.15, -0.1) is 0 Å². The van der Waals surface area contributed by atoms with E-state index in [2.05, 4.69) is 4.98 Å². The summed E-state index contributed by atoms with van der Waals surface area (Å²) in [5.74, 6) is 0.125. The van der Waals surface area contributed by atoms with Gasteiger partial charge in [0.25, 0.3) is 5.69 Å². The molecule has 0 saturated carbocycles. The summed E-state index contributed by atoms with van der Waals surface area (Å²) in [5.41, 5.74) is 1.35. The van der Waals surface area contributed by atoms with Crippen LogP contribution >= 0.6 is 0 Å². The molecular weight excluding hydrogens is 374 g/mol. The molecule has 1 heterocycles. The van der Waals surface area contributed by atoms with Gasteiger partial charge in [0, 0.05) is 25.4 Å². The van der Waals surface area contributed by atoms with Crippen LogP contribution in [0.15, 0.2) is 65.6 Å². The highest BCUT2D eigenvalue weighted by atomic mass is 16.6. The number of aromatic nitrogens is 2. The summed E-state index contributed by atoms with van der Waals surface area (Å²) in [5, 5.41) is 10.7. The van der Waals surface area contributed by atoms with Gasteiger partial charge >= 0.3 is 5.69 Å². The standard InChI is InChI=1S/C21H17N3O5/c1-23-13-12-19(22-21(23)26)20(25)14-29-18-10-6-16(7-11-18)3-2-15-4-8-17(9-5-15)24(27)28/h2-13H,14H2,1H3/b3-2+. The number of Topliss-reactive ketones (excluding diaryl/α,β-unsaturated/α-hetero) is 1. The molecule has 0 aliphatic heterocycles. The van der Waals surface area contributed by atoms with Gasteiger partial charge in [-0.2, -0.15) is 4.98 Å². The van der Waals surface area contributed by atoms with Crippen LogP contribution in [-0.2, 0) is 7.05 Å². The van der Waals surface area contributed by atoms with Crippen LogP contribution in [0.4, 0.5) is 5.69 Å². The minimum atomic E-state index is -0.500. The average Bonchev–Trinajstić information content (AvgIpc) is 2.73. The third kappa shape index (κ3) is 5.23. The fourth-order valence-corrected chi connectivity index (χ4v) is 2.42. The molecule has 0 unspecified atom stereocenters. The number of ketones is 1. The molecule has 0 spiro atoms. The molecule has 0 atom stereocenters. The highest BCUT2D eigenvalue weighted by molar-refractivity contribution is 5.95. The number of hydrogen-bond donors (Lipinski definition) is 0. The summed E-state index contributed by atoms with van der Waals surface area (Å²) >= 11 is 0. The number of carbonyl (C=O) groups is 1. The highest BCUT2D eigenvalue weighted by Crippen LogP contribution is 2.17. The summed E-state index contributed by atoms with van der Waals surface area (Å²) in [6.07, 6.45) is 5.18. The second kappa shape index (κ2) is 8.75. The molecule has 0 N–H and O–H groups in total. The van der Waals surface area contributed by atoms with Crippen LogP contribution in [0, 0.1) is 10.1 Å². The van der Waals surface area contributed by atoms with Crippen LogP contribution in [0.5, 0.6) is 5.75 Å². The Bertz CT molecular complexity index is 1120. The molecular formula is C21H17N3O5. The van der Waals surface area contributed by atoms with Crippen molar-refractivity contribution in [2.45, 2.75) is 0 Å². The van der Waals surface area contributed by atoms with Crippen molar-refractivity contribution in [1.82, 2.24) is 9.55 Å².